The van der Waals surface area contributed by atoms with E-state index >= 15 is 0 Å². The van der Waals surface area contributed by atoms with Crippen LogP contribution in [0.1, 0.15) is 11.8 Å². The summed E-state index contributed by atoms with van der Waals surface area (Å²) in [4.78, 5) is 30.0. The third-order valence-corrected chi connectivity index (χ3v) is 4.52. The summed E-state index contributed by atoms with van der Waals surface area (Å²) in [7, 11) is 0. The molecular weight excluding hydrogens is 324 g/mol. The normalized spacial score (nSPS) is 17.2. The van der Waals surface area contributed by atoms with Gasteiger partial charge in [-0.3, -0.25) is 15.0 Å². The molecule has 24 heavy (non-hydrogen) atoms. The summed E-state index contributed by atoms with van der Waals surface area (Å²) < 4.78 is 0. The third-order valence-electron chi connectivity index (χ3n) is 3.58. The van der Waals surface area contributed by atoms with Crippen LogP contribution in [0.25, 0.3) is 0 Å². The van der Waals surface area contributed by atoms with Gasteiger partial charge in [0.2, 0.25) is 5.84 Å². The summed E-state index contributed by atoms with van der Waals surface area (Å²) in [5.74, 6) is -0.361. The molecule has 0 bridgehead atoms. The van der Waals surface area contributed by atoms with E-state index in [4.69, 9.17) is 0 Å². The smallest absolute Gasteiger partial charge is 0.288 e. The minimum absolute atomic E-state index is 0.150. The maximum atomic E-state index is 12.3. The summed E-state index contributed by atoms with van der Waals surface area (Å²) in [5, 5.41) is 6.21. The molecule has 7 heteroatoms. The topological polar surface area (TPSA) is 73.8 Å². The molecule has 1 atom stereocenters. The number of hydrazine groups is 1. The van der Waals surface area contributed by atoms with E-state index in [1.54, 1.807) is 30.4 Å². The lowest BCUT2D eigenvalue weighted by Crippen LogP contribution is -2.58. The predicted octanol–water partition coefficient (Wildman–Crippen LogP) is 1.75. The predicted molar refractivity (Wildman–Crippen MR) is 95.0 cm³/mol. The number of thiophene rings is 1. The second-order valence-electron chi connectivity index (χ2n) is 5.36. The van der Waals surface area contributed by atoms with E-state index in [-0.39, 0.29) is 17.6 Å². The Hall–Kier alpha value is -2.67. The van der Waals surface area contributed by atoms with Crippen molar-refractivity contribution in [2.24, 2.45) is 4.99 Å². The van der Waals surface area contributed by atoms with Crippen LogP contribution in [-0.2, 0) is 16.0 Å². The zero-order valence-corrected chi connectivity index (χ0v) is 14.0. The molecule has 1 aromatic heterocycles. The molecule has 124 valence electrons. The Labute approximate surface area is 144 Å². The van der Waals surface area contributed by atoms with Gasteiger partial charge < -0.3 is 5.32 Å². The van der Waals surface area contributed by atoms with Crippen LogP contribution < -0.4 is 15.8 Å². The highest BCUT2D eigenvalue weighted by molar-refractivity contribution is 7.09. The van der Waals surface area contributed by atoms with Crippen molar-refractivity contribution in [3.8, 4) is 0 Å². The number of amides is 2. The highest BCUT2D eigenvalue weighted by Crippen LogP contribution is 2.15. The lowest BCUT2D eigenvalue weighted by atomic mass is 10.2. The number of anilines is 1. The van der Waals surface area contributed by atoms with Crippen LogP contribution in [0.5, 0.6) is 0 Å². The number of aliphatic imine (C=N–C) groups is 1. The van der Waals surface area contributed by atoms with Crippen molar-refractivity contribution in [3.63, 3.8) is 0 Å². The van der Waals surface area contributed by atoms with Crippen molar-refractivity contribution in [1.82, 2.24) is 10.7 Å². The quantitative estimate of drug-likeness (QED) is 0.869. The molecule has 3 rings (SSSR count). The molecule has 0 saturated carbocycles. The highest BCUT2D eigenvalue weighted by atomic mass is 32.1. The Morgan fingerprint density at radius 3 is 2.79 bits per heavy atom. The monoisotopic (exact) mass is 342 g/mol. The van der Waals surface area contributed by atoms with E-state index < -0.39 is 6.04 Å². The zero-order valence-electron chi connectivity index (χ0n) is 13.2. The van der Waals surface area contributed by atoms with Gasteiger partial charge in [0, 0.05) is 11.4 Å². The van der Waals surface area contributed by atoms with Crippen molar-refractivity contribution < 1.29 is 9.59 Å². The van der Waals surface area contributed by atoms with Gasteiger partial charge in [0.05, 0.1) is 5.69 Å². The van der Waals surface area contributed by atoms with Crippen LogP contribution in [0.15, 0.2) is 52.8 Å². The van der Waals surface area contributed by atoms with Gasteiger partial charge in [-0.2, -0.15) is 0 Å². The second kappa shape index (κ2) is 7.27. The van der Waals surface area contributed by atoms with Gasteiger partial charge in [0.15, 0.2) is 0 Å². The molecule has 2 N–H and O–H groups in total. The van der Waals surface area contributed by atoms with E-state index in [9.17, 15) is 9.59 Å². The Balaban J connectivity index is 1.65. The van der Waals surface area contributed by atoms with E-state index in [1.165, 1.54) is 9.89 Å². The molecular formula is C17H18N4O2S. The summed E-state index contributed by atoms with van der Waals surface area (Å²) in [6.45, 7) is 2.20. The highest BCUT2D eigenvalue weighted by Gasteiger charge is 2.30. The fourth-order valence-electron chi connectivity index (χ4n) is 2.34. The van der Waals surface area contributed by atoms with Crippen LogP contribution >= 0.6 is 11.3 Å². The third kappa shape index (κ3) is 3.62. The van der Waals surface area contributed by atoms with Gasteiger partial charge >= 0.3 is 0 Å². The molecule has 0 unspecified atom stereocenters. The molecule has 2 heterocycles. The molecule has 0 aliphatic carbocycles. The Bertz CT molecular complexity index is 743. The number of benzene rings is 1. The van der Waals surface area contributed by atoms with Crippen molar-refractivity contribution in [2.45, 2.75) is 19.4 Å². The minimum atomic E-state index is -0.607. The number of nitrogens with one attached hydrogen (secondary N) is 2. The maximum Gasteiger partial charge on any atom is 0.288 e. The molecule has 2 aromatic rings. The lowest BCUT2D eigenvalue weighted by molar-refractivity contribution is -0.120. The van der Waals surface area contributed by atoms with Gasteiger partial charge in [-0.25, -0.2) is 10.0 Å². The molecule has 0 fully saturated rings. The molecule has 2 amide bonds. The molecule has 0 saturated heterocycles. The largest absolute Gasteiger partial charge is 0.349 e. The number of amidine groups is 1. The average Bonchev–Trinajstić information content (AvgIpc) is 3.11. The molecule has 0 radical (unpaired) electrons. The van der Waals surface area contributed by atoms with Gasteiger partial charge in [-0.05, 0) is 36.9 Å². The van der Waals surface area contributed by atoms with Crippen LogP contribution in [0.3, 0.4) is 0 Å². The van der Waals surface area contributed by atoms with Crippen LogP contribution in [0.2, 0.25) is 0 Å². The van der Waals surface area contributed by atoms with Crippen molar-refractivity contribution in [3.05, 3.63) is 52.7 Å². The van der Waals surface area contributed by atoms with Crippen molar-refractivity contribution in [1.29, 1.82) is 0 Å². The number of nitrogens with zero attached hydrogens (tertiary/aromatic N) is 2. The summed E-state index contributed by atoms with van der Waals surface area (Å²) >= 11 is 1.66. The number of hydrogen-bond donors (Lipinski definition) is 2. The lowest BCUT2D eigenvalue weighted by Gasteiger charge is -2.30. The molecule has 1 aliphatic heterocycles. The van der Waals surface area contributed by atoms with Gasteiger partial charge in [-0.15, -0.1) is 11.3 Å². The van der Waals surface area contributed by atoms with E-state index in [0.717, 1.165) is 6.42 Å². The van der Waals surface area contributed by atoms with E-state index in [2.05, 4.69) is 15.7 Å². The molecule has 6 nitrogen and oxygen atoms in total. The summed E-state index contributed by atoms with van der Waals surface area (Å²) in [5.41, 5.74) is 3.49. The van der Waals surface area contributed by atoms with Gasteiger partial charge in [0.1, 0.15) is 6.04 Å². The standard InChI is InChI=1S/C17H18N4O2S/c1-12-17(23)21(13-6-3-2-4-7-13)20-15(19-12)16(22)18-10-9-14-8-5-11-24-14/h2-8,11-12H,9-10H2,1H3,(H,18,22)(H,19,20)/t12-/m1/s1. The Morgan fingerprint density at radius 2 is 2.08 bits per heavy atom. The van der Waals surface area contributed by atoms with Crippen LogP contribution in [0, 0.1) is 0 Å². The van der Waals surface area contributed by atoms with Crippen molar-refractivity contribution >= 4 is 34.7 Å². The van der Waals surface area contributed by atoms with Gasteiger partial charge in [-0.1, -0.05) is 24.3 Å². The fourth-order valence-corrected chi connectivity index (χ4v) is 3.05. The number of rotatable bonds is 5. The van der Waals surface area contributed by atoms with E-state index in [1.807, 2.05) is 35.7 Å². The first kappa shape index (κ1) is 16.2. The molecule has 1 aromatic carbocycles. The van der Waals surface area contributed by atoms with Crippen molar-refractivity contribution in [2.75, 3.05) is 11.6 Å². The zero-order chi connectivity index (χ0) is 16.9. The Morgan fingerprint density at radius 1 is 1.29 bits per heavy atom. The number of hydrogen-bond acceptors (Lipinski definition) is 5. The second-order valence-corrected chi connectivity index (χ2v) is 6.39. The van der Waals surface area contributed by atoms with Gasteiger partial charge in [0.25, 0.3) is 11.8 Å². The van der Waals surface area contributed by atoms with Crippen LogP contribution in [0.4, 0.5) is 5.69 Å². The first-order valence-electron chi connectivity index (χ1n) is 7.69. The maximum absolute atomic E-state index is 12.3. The molecule has 1 aliphatic rings. The first-order valence-corrected chi connectivity index (χ1v) is 8.57. The number of para-hydroxylation sites is 1. The molecule has 0 spiro atoms. The van der Waals surface area contributed by atoms with E-state index in [0.29, 0.717) is 12.2 Å². The summed E-state index contributed by atoms with van der Waals surface area (Å²) in [6, 6.07) is 12.6. The van der Waals surface area contributed by atoms with Crippen LogP contribution in [-0.4, -0.2) is 30.2 Å². The number of carbonyl (C=O) groups is 2. The Kier molecular flexibility index (Phi) is 4.90. The average molecular weight is 342 g/mol. The minimum Gasteiger partial charge on any atom is -0.349 e. The first-order chi connectivity index (χ1) is 11.6. The summed E-state index contributed by atoms with van der Waals surface area (Å²) in [6.07, 6.45) is 0.771. The fraction of sp³-hybridized carbons (Fsp3) is 0.235. The SMILES string of the molecule is C[C@H]1N=C(C(=O)NCCc2cccs2)NN(c2ccccc2)C1=O. The number of carbonyl (C=O) groups excluding carboxylic acids is 2.